The predicted molar refractivity (Wildman–Crippen MR) is 140 cm³/mol. The Bertz CT molecular complexity index is 1290. The van der Waals surface area contributed by atoms with E-state index >= 15 is 0 Å². The molecule has 0 saturated carbocycles. The zero-order valence-electron chi connectivity index (χ0n) is 21.1. The first-order chi connectivity index (χ1) is 16.7. The number of ether oxygens (including phenoxy) is 2. The minimum Gasteiger partial charge on any atom is -0.497 e. The normalized spacial score (nSPS) is 14.1. The van der Waals surface area contributed by atoms with Gasteiger partial charge in [-0.3, -0.25) is 4.98 Å². The molecule has 0 atom stereocenters. The van der Waals surface area contributed by atoms with Crippen LogP contribution in [0.3, 0.4) is 0 Å². The number of allylic oxidation sites excluding steroid dienone is 2. The summed E-state index contributed by atoms with van der Waals surface area (Å²) in [7, 11) is 1.65. The van der Waals surface area contributed by atoms with Crippen molar-refractivity contribution < 1.29 is 9.47 Å². The highest BCUT2D eigenvalue weighted by molar-refractivity contribution is 6.30. The Balaban J connectivity index is 1.56. The lowest BCUT2D eigenvalue weighted by Gasteiger charge is -2.31. The van der Waals surface area contributed by atoms with Gasteiger partial charge >= 0.3 is 0 Å². The summed E-state index contributed by atoms with van der Waals surface area (Å²) in [4.78, 5) is 16.0. The number of hydrogen-bond donors (Lipinski definition) is 0. The SMILES string of the molecule is COc1cccc(COC2=C(Cl)CN(c3cc(-c4ccnc(C(C)(C)C)n4)ncc3C)C(C)=C2)c1. The second kappa shape index (κ2) is 10.1. The van der Waals surface area contributed by atoms with Gasteiger partial charge in [0.25, 0.3) is 0 Å². The molecule has 3 heterocycles. The molecule has 0 bridgehead atoms. The van der Waals surface area contributed by atoms with E-state index in [-0.39, 0.29) is 5.41 Å². The lowest BCUT2D eigenvalue weighted by molar-refractivity contribution is 0.207. The van der Waals surface area contributed by atoms with Crippen molar-refractivity contribution in [1.29, 1.82) is 0 Å². The second-order valence-electron chi connectivity index (χ2n) is 9.65. The summed E-state index contributed by atoms with van der Waals surface area (Å²) in [5.41, 5.74) is 5.59. The van der Waals surface area contributed by atoms with Gasteiger partial charge in [-0.1, -0.05) is 44.5 Å². The molecule has 7 heteroatoms. The highest BCUT2D eigenvalue weighted by Crippen LogP contribution is 2.33. The van der Waals surface area contributed by atoms with Crippen molar-refractivity contribution in [3.8, 4) is 17.1 Å². The Morgan fingerprint density at radius 1 is 1.06 bits per heavy atom. The first kappa shape index (κ1) is 24.7. The summed E-state index contributed by atoms with van der Waals surface area (Å²) in [6, 6.07) is 11.8. The number of aromatic nitrogens is 3. The topological polar surface area (TPSA) is 60.4 Å². The maximum Gasteiger partial charge on any atom is 0.137 e. The molecule has 182 valence electrons. The quantitative estimate of drug-likeness (QED) is 0.390. The van der Waals surface area contributed by atoms with E-state index in [1.165, 1.54) is 0 Å². The lowest BCUT2D eigenvalue weighted by Crippen LogP contribution is -2.27. The largest absolute Gasteiger partial charge is 0.497 e. The third-order valence-electron chi connectivity index (χ3n) is 5.81. The van der Waals surface area contributed by atoms with Crippen LogP contribution < -0.4 is 9.64 Å². The molecule has 0 unspecified atom stereocenters. The molecule has 0 aliphatic carbocycles. The van der Waals surface area contributed by atoms with Crippen molar-refractivity contribution in [2.24, 2.45) is 0 Å². The van der Waals surface area contributed by atoms with E-state index in [1.54, 1.807) is 13.3 Å². The summed E-state index contributed by atoms with van der Waals surface area (Å²) < 4.78 is 11.4. The molecule has 1 aliphatic rings. The van der Waals surface area contributed by atoms with E-state index in [0.29, 0.717) is 23.9 Å². The van der Waals surface area contributed by atoms with E-state index in [9.17, 15) is 0 Å². The molecule has 1 aliphatic heterocycles. The van der Waals surface area contributed by atoms with Gasteiger partial charge in [0.2, 0.25) is 0 Å². The van der Waals surface area contributed by atoms with E-state index in [1.807, 2.05) is 49.5 Å². The summed E-state index contributed by atoms with van der Waals surface area (Å²) in [6.07, 6.45) is 5.65. The Kier molecular flexibility index (Phi) is 7.13. The Morgan fingerprint density at radius 3 is 2.60 bits per heavy atom. The van der Waals surface area contributed by atoms with Crippen LogP contribution in [0, 0.1) is 6.92 Å². The summed E-state index contributed by atoms with van der Waals surface area (Å²) in [5, 5.41) is 0.647. The number of pyridine rings is 1. The Hall–Kier alpha value is -3.38. The van der Waals surface area contributed by atoms with Crippen LogP contribution in [0.25, 0.3) is 11.4 Å². The molecule has 0 N–H and O–H groups in total. The Morgan fingerprint density at radius 2 is 1.86 bits per heavy atom. The zero-order valence-corrected chi connectivity index (χ0v) is 21.8. The van der Waals surface area contributed by atoms with Gasteiger partial charge in [0.1, 0.15) is 23.9 Å². The number of aryl methyl sites for hydroxylation is 1. The van der Waals surface area contributed by atoms with Crippen LogP contribution in [-0.2, 0) is 16.8 Å². The minimum absolute atomic E-state index is 0.144. The van der Waals surface area contributed by atoms with Crippen molar-refractivity contribution >= 4 is 17.3 Å². The number of anilines is 1. The zero-order chi connectivity index (χ0) is 25.2. The number of hydrogen-bond acceptors (Lipinski definition) is 6. The Labute approximate surface area is 212 Å². The molecule has 4 rings (SSSR count). The van der Waals surface area contributed by atoms with Crippen molar-refractivity contribution in [3.05, 3.63) is 88.3 Å². The summed E-state index contributed by atoms with van der Waals surface area (Å²) >= 11 is 6.70. The number of rotatable bonds is 6. The van der Waals surface area contributed by atoms with Gasteiger partial charge in [-0.2, -0.15) is 0 Å². The van der Waals surface area contributed by atoms with Crippen LogP contribution >= 0.6 is 11.6 Å². The lowest BCUT2D eigenvalue weighted by atomic mass is 9.95. The van der Waals surface area contributed by atoms with E-state index in [4.69, 9.17) is 26.1 Å². The van der Waals surface area contributed by atoms with Crippen molar-refractivity contribution in [3.63, 3.8) is 0 Å². The molecule has 0 amide bonds. The molecule has 0 fully saturated rings. The third-order valence-corrected chi connectivity index (χ3v) is 6.12. The summed E-state index contributed by atoms with van der Waals surface area (Å²) in [5.74, 6) is 2.27. The standard InChI is InChI=1S/C28H31ClN4O2/c1-18-15-31-24(23-10-11-30-27(32-23)28(3,4)5)14-25(18)33-16-22(29)26(12-19(33)2)35-17-20-8-7-9-21(13-20)34-6/h7-15H,16-17H2,1-6H3. The highest BCUT2D eigenvalue weighted by Gasteiger charge is 2.22. The number of methoxy groups -OCH3 is 1. The van der Waals surface area contributed by atoms with Gasteiger partial charge in [0.05, 0.1) is 30.1 Å². The first-order valence-electron chi connectivity index (χ1n) is 11.6. The average Bonchev–Trinajstić information content (AvgIpc) is 2.84. The minimum atomic E-state index is -0.144. The van der Waals surface area contributed by atoms with Crippen molar-refractivity contribution in [1.82, 2.24) is 15.0 Å². The molecule has 0 spiro atoms. The third kappa shape index (κ3) is 5.65. The van der Waals surface area contributed by atoms with Crippen molar-refractivity contribution in [2.45, 2.75) is 46.6 Å². The molecule has 6 nitrogen and oxygen atoms in total. The predicted octanol–water partition coefficient (Wildman–Crippen LogP) is 6.54. The van der Waals surface area contributed by atoms with Crippen LogP contribution in [0.2, 0.25) is 0 Å². The van der Waals surface area contributed by atoms with E-state index in [2.05, 4.69) is 48.6 Å². The van der Waals surface area contributed by atoms with Crippen LogP contribution in [0.1, 0.15) is 44.6 Å². The fourth-order valence-corrected chi connectivity index (χ4v) is 4.04. The van der Waals surface area contributed by atoms with Gasteiger partial charge in [-0.05, 0) is 49.2 Å². The second-order valence-corrected chi connectivity index (χ2v) is 10.1. The summed E-state index contributed by atoms with van der Waals surface area (Å²) in [6.45, 7) is 11.3. The van der Waals surface area contributed by atoms with Gasteiger partial charge in [-0.25, -0.2) is 9.97 Å². The van der Waals surface area contributed by atoms with Crippen molar-refractivity contribution in [2.75, 3.05) is 18.6 Å². The van der Waals surface area contributed by atoms with Crippen LogP contribution in [0.4, 0.5) is 5.69 Å². The molecule has 1 aromatic carbocycles. The smallest absolute Gasteiger partial charge is 0.137 e. The van der Waals surface area contributed by atoms with E-state index in [0.717, 1.165) is 45.5 Å². The fourth-order valence-electron chi connectivity index (χ4n) is 3.81. The van der Waals surface area contributed by atoms with Crippen LogP contribution in [0.5, 0.6) is 5.75 Å². The molecule has 2 aromatic heterocycles. The number of halogens is 1. The maximum absolute atomic E-state index is 6.70. The van der Waals surface area contributed by atoms with E-state index < -0.39 is 0 Å². The highest BCUT2D eigenvalue weighted by atomic mass is 35.5. The number of nitrogens with zero attached hydrogens (tertiary/aromatic N) is 4. The van der Waals surface area contributed by atoms with Gasteiger partial charge < -0.3 is 14.4 Å². The molecular formula is C28H31ClN4O2. The molecular weight excluding hydrogens is 460 g/mol. The first-order valence-corrected chi connectivity index (χ1v) is 11.9. The maximum atomic E-state index is 6.70. The van der Waals surface area contributed by atoms with Gasteiger partial charge in [0.15, 0.2) is 0 Å². The van der Waals surface area contributed by atoms with Gasteiger partial charge in [-0.15, -0.1) is 0 Å². The average molecular weight is 491 g/mol. The molecule has 0 saturated heterocycles. The molecule has 35 heavy (non-hydrogen) atoms. The fraction of sp³-hybridized carbons (Fsp3) is 0.321. The molecule has 3 aromatic rings. The van der Waals surface area contributed by atoms with Gasteiger partial charge in [0, 0.05) is 35.3 Å². The molecule has 0 radical (unpaired) electrons. The van der Waals surface area contributed by atoms with Crippen LogP contribution in [-0.4, -0.2) is 28.6 Å². The monoisotopic (exact) mass is 490 g/mol. The van der Waals surface area contributed by atoms with Crippen LogP contribution in [0.15, 0.2) is 71.4 Å². The number of benzene rings is 1.